The van der Waals surface area contributed by atoms with Gasteiger partial charge < -0.3 is 9.64 Å². The Morgan fingerprint density at radius 3 is 2.79 bits per heavy atom. The zero-order valence-corrected chi connectivity index (χ0v) is 16.9. The van der Waals surface area contributed by atoms with Crippen LogP contribution in [-0.4, -0.2) is 34.7 Å². The molecule has 1 amide bonds. The van der Waals surface area contributed by atoms with Gasteiger partial charge in [0.05, 0.1) is 5.69 Å². The van der Waals surface area contributed by atoms with Crippen molar-refractivity contribution in [2.24, 2.45) is 0 Å². The van der Waals surface area contributed by atoms with Gasteiger partial charge in [0, 0.05) is 23.2 Å². The first-order valence-electron chi connectivity index (χ1n) is 9.61. The number of hydrogen-bond acceptors (Lipinski definition) is 4. The van der Waals surface area contributed by atoms with Crippen molar-refractivity contribution in [2.75, 3.05) is 6.54 Å². The lowest BCUT2D eigenvalue weighted by atomic mass is 9.99. The number of thioether (sulfide) groups is 1. The van der Waals surface area contributed by atoms with Crippen LogP contribution >= 0.6 is 11.8 Å². The molecule has 4 nitrogen and oxygen atoms in total. The fourth-order valence-electron chi connectivity index (χ4n) is 3.44. The minimum atomic E-state index is -4.72. The normalized spacial score (nSPS) is 17.2. The van der Waals surface area contributed by atoms with Gasteiger partial charge in [-0.1, -0.05) is 19.1 Å². The minimum Gasteiger partial charge on any atom is -0.406 e. The average Bonchev–Trinajstić information content (AvgIpc) is 2.71. The second-order valence-corrected chi connectivity index (χ2v) is 7.93. The summed E-state index contributed by atoms with van der Waals surface area (Å²) in [4.78, 5) is 19.9. The predicted octanol–water partition coefficient (Wildman–Crippen LogP) is 5.68. The first-order valence-corrected chi connectivity index (χ1v) is 10.6. The molecule has 1 aliphatic rings. The van der Waals surface area contributed by atoms with Crippen LogP contribution in [0.4, 0.5) is 13.2 Å². The predicted molar refractivity (Wildman–Crippen MR) is 106 cm³/mol. The largest absolute Gasteiger partial charge is 0.573 e. The van der Waals surface area contributed by atoms with Gasteiger partial charge in [-0.05, 0) is 56.0 Å². The number of piperidine rings is 1. The van der Waals surface area contributed by atoms with E-state index in [-0.39, 0.29) is 17.7 Å². The summed E-state index contributed by atoms with van der Waals surface area (Å²) in [5.74, 6) is 0.132. The Morgan fingerprint density at radius 2 is 2.03 bits per heavy atom. The highest BCUT2D eigenvalue weighted by atomic mass is 32.2. The Balaban J connectivity index is 1.66. The lowest BCUT2D eigenvalue weighted by Crippen LogP contribution is -2.43. The third-order valence-electron chi connectivity index (χ3n) is 4.81. The SMILES string of the molecule is CCC1CCCCN1C(=O)c1cccc(CSc2cccc(OC(F)(F)F)c2)n1. The molecule has 1 fully saturated rings. The van der Waals surface area contributed by atoms with Crippen molar-refractivity contribution >= 4 is 17.7 Å². The molecule has 1 aromatic carbocycles. The van der Waals surface area contributed by atoms with E-state index in [9.17, 15) is 18.0 Å². The van der Waals surface area contributed by atoms with Crippen molar-refractivity contribution in [3.8, 4) is 5.75 Å². The van der Waals surface area contributed by atoms with Crippen molar-refractivity contribution in [3.63, 3.8) is 0 Å². The van der Waals surface area contributed by atoms with E-state index in [2.05, 4.69) is 16.6 Å². The summed E-state index contributed by atoms with van der Waals surface area (Å²) in [6, 6.07) is 11.4. The number of ether oxygens (including phenoxy) is 1. The molecule has 3 rings (SSSR count). The lowest BCUT2D eigenvalue weighted by Gasteiger charge is -2.35. The van der Waals surface area contributed by atoms with E-state index in [1.165, 1.54) is 30.0 Å². The average molecular weight is 424 g/mol. The molecule has 1 aliphatic heterocycles. The molecular formula is C21H23F3N2O2S. The third kappa shape index (κ3) is 6.13. The molecular weight excluding hydrogens is 401 g/mol. The summed E-state index contributed by atoms with van der Waals surface area (Å²) in [6.45, 7) is 2.84. The zero-order chi connectivity index (χ0) is 20.9. The van der Waals surface area contributed by atoms with Gasteiger partial charge in [-0.3, -0.25) is 4.79 Å². The Morgan fingerprint density at radius 1 is 1.24 bits per heavy atom. The van der Waals surface area contributed by atoms with Crippen LogP contribution in [0.15, 0.2) is 47.4 Å². The van der Waals surface area contributed by atoms with Crippen LogP contribution in [0, 0.1) is 0 Å². The number of carbonyl (C=O) groups excluding carboxylic acids is 1. The van der Waals surface area contributed by atoms with Crippen LogP contribution < -0.4 is 4.74 Å². The van der Waals surface area contributed by atoms with Crippen molar-refractivity contribution in [2.45, 2.75) is 55.7 Å². The van der Waals surface area contributed by atoms with Crippen LogP contribution in [0.3, 0.4) is 0 Å². The molecule has 1 unspecified atom stereocenters. The van der Waals surface area contributed by atoms with Crippen molar-refractivity contribution < 1.29 is 22.7 Å². The monoisotopic (exact) mass is 424 g/mol. The van der Waals surface area contributed by atoms with E-state index in [0.717, 1.165) is 32.2 Å². The number of carbonyl (C=O) groups is 1. The Hall–Kier alpha value is -2.22. The second-order valence-electron chi connectivity index (χ2n) is 6.88. The summed E-state index contributed by atoms with van der Waals surface area (Å²) in [6.07, 6.45) is -0.617. The van der Waals surface area contributed by atoms with E-state index in [0.29, 0.717) is 22.0 Å². The molecule has 0 bridgehead atoms. The molecule has 8 heteroatoms. The first kappa shape index (κ1) is 21.5. The van der Waals surface area contributed by atoms with Gasteiger partial charge >= 0.3 is 6.36 Å². The number of nitrogens with zero attached hydrogens (tertiary/aromatic N) is 2. The van der Waals surface area contributed by atoms with E-state index in [1.54, 1.807) is 18.2 Å². The highest BCUT2D eigenvalue weighted by molar-refractivity contribution is 7.98. The highest BCUT2D eigenvalue weighted by Crippen LogP contribution is 2.29. The maximum atomic E-state index is 12.9. The number of amides is 1. The number of benzene rings is 1. The van der Waals surface area contributed by atoms with Gasteiger partial charge in [0.25, 0.3) is 5.91 Å². The lowest BCUT2D eigenvalue weighted by molar-refractivity contribution is -0.274. The van der Waals surface area contributed by atoms with Gasteiger partial charge in [0.1, 0.15) is 11.4 Å². The van der Waals surface area contributed by atoms with Gasteiger partial charge in [-0.2, -0.15) is 0 Å². The number of aromatic nitrogens is 1. The summed E-state index contributed by atoms with van der Waals surface area (Å²) < 4.78 is 41.1. The molecule has 2 aromatic rings. The topological polar surface area (TPSA) is 42.4 Å². The number of halogens is 3. The van der Waals surface area contributed by atoms with Gasteiger partial charge in [0.2, 0.25) is 0 Å². The molecule has 1 aromatic heterocycles. The van der Waals surface area contributed by atoms with E-state index in [1.807, 2.05) is 11.0 Å². The Kier molecular flexibility index (Phi) is 7.05. The molecule has 156 valence electrons. The maximum Gasteiger partial charge on any atom is 0.573 e. The number of pyridine rings is 1. The number of rotatable bonds is 6. The van der Waals surface area contributed by atoms with E-state index in [4.69, 9.17) is 0 Å². The van der Waals surface area contributed by atoms with Crippen LogP contribution in [0.5, 0.6) is 5.75 Å². The molecule has 0 saturated carbocycles. The standard InChI is InChI=1S/C21H23F3N2O2S/c1-2-16-8-3-4-12-26(16)20(27)19-11-5-7-15(25-19)14-29-18-10-6-9-17(13-18)28-21(22,23)24/h5-7,9-11,13,16H,2-4,8,12,14H2,1H3. The van der Waals surface area contributed by atoms with E-state index < -0.39 is 6.36 Å². The van der Waals surface area contributed by atoms with Gasteiger partial charge in [-0.25, -0.2) is 4.98 Å². The molecule has 0 radical (unpaired) electrons. The van der Waals surface area contributed by atoms with Crippen molar-refractivity contribution in [3.05, 3.63) is 53.9 Å². The fourth-order valence-corrected chi connectivity index (χ4v) is 4.29. The van der Waals surface area contributed by atoms with Crippen LogP contribution in [0.25, 0.3) is 0 Å². The van der Waals surface area contributed by atoms with Crippen molar-refractivity contribution in [1.82, 2.24) is 9.88 Å². The summed E-state index contributed by atoms with van der Waals surface area (Å²) >= 11 is 1.34. The maximum absolute atomic E-state index is 12.9. The smallest absolute Gasteiger partial charge is 0.406 e. The van der Waals surface area contributed by atoms with Crippen LogP contribution in [-0.2, 0) is 5.75 Å². The minimum absolute atomic E-state index is 0.0519. The van der Waals surface area contributed by atoms with Gasteiger partial charge in [-0.15, -0.1) is 24.9 Å². The van der Waals surface area contributed by atoms with E-state index >= 15 is 0 Å². The van der Waals surface area contributed by atoms with Crippen LogP contribution in [0.1, 0.15) is 48.8 Å². The Bertz CT molecular complexity index is 845. The third-order valence-corrected chi connectivity index (χ3v) is 5.84. The van der Waals surface area contributed by atoms with Crippen LogP contribution in [0.2, 0.25) is 0 Å². The van der Waals surface area contributed by atoms with Crippen molar-refractivity contribution in [1.29, 1.82) is 0 Å². The first-order chi connectivity index (χ1) is 13.9. The summed E-state index contributed by atoms with van der Waals surface area (Å²) in [7, 11) is 0. The summed E-state index contributed by atoms with van der Waals surface area (Å²) in [5.41, 5.74) is 1.12. The number of alkyl halides is 3. The molecule has 29 heavy (non-hydrogen) atoms. The quantitative estimate of drug-likeness (QED) is 0.560. The highest BCUT2D eigenvalue weighted by Gasteiger charge is 2.31. The number of hydrogen-bond donors (Lipinski definition) is 0. The fraction of sp³-hybridized carbons (Fsp3) is 0.429. The molecule has 1 atom stereocenters. The molecule has 0 N–H and O–H groups in total. The number of likely N-dealkylation sites (tertiary alicyclic amines) is 1. The second kappa shape index (κ2) is 9.52. The zero-order valence-electron chi connectivity index (χ0n) is 16.1. The summed E-state index contributed by atoms with van der Waals surface area (Å²) in [5, 5.41) is 0. The van der Waals surface area contributed by atoms with Gasteiger partial charge in [0.15, 0.2) is 0 Å². The molecule has 0 spiro atoms. The molecule has 0 aliphatic carbocycles. The molecule has 1 saturated heterocycles. The Labute approximate surface area is 172 Å². The molecule has 2 heterocycles.